The van der Waals surface area contributed by atoms with E-state index in [0.717, 1.165) is 0 Å². The number of thioether (sulfide) groups is 1. The molecule has 0 aliphatic carbocycles. The molecule has 0 heterocycles. The van der Waals surface area contributed by atoms with Gasteiger partial charge in [0.1, 0.15) is 18.6 Å². The molecule has 0 fully saturated rings. The maximum Gasteiger partial charge on any atom is 0.322 e. The van der Waals surface area contributed by atoms with E-state index in [1.807, 2.05) is 6.26 Å². The van der Waals surface area contributed by atoms with Crippen molar-refractivity contribution in [3.63, 3.8) is 0 Å². The second-order valence-corrected chi connectivity index (χ2v) is 6.43. The standard InChI is InChI=1S/C14H26N4O5S/c1-8(2)12(14(23)16-7-11(20)21)18-13(22)9(4-5-24-3)17-10(19)6-15/h8-9,12H,4-7,15H2,1-3H3,(H,16,23)(H,17,19)(H,18,22)(H,20,21). The number of nitrogens with one attached hydrogen (secondary N) is 3. The first-order valence-corrected chi connectivity index (χ1v) is 8.90. The minimum Gasteiger partial charge on any atom is -0.480 e. The van der Waals surface area contributed by atoms with Crippen molar-refractivity contribution in [1.82, 2.24) is 16.0 Å². The zero-order valence-electron chi connectivity index (χ0n) is 14.1. The van der Waals surface area contributed by atoms with Crippen LogP contribution < -0.4 is 21.7 Å². The highest BCUT2D eigenvalue weighted by molar-refractivity contribution is 7.98. The van der Waals surface area contributed by atoms with Crippen LogP contribution in [-0.4, -0.2) is 66.0 Å². The first-order chi connectivity index (χ1) is 11.2. The van der Waals surface area contributed by atoms with Crippen molar-refractivity contribution in [2.45, 2.75) is 32.4 Å². The average Bonchev–Trinajstić information content (AvgIpc) is 2.53. The zero-order valence-corrected chi connectivity index (χ0v) is 14.9. The van der Waals surface area contributed by atoms with Gasteiger partial charge in [0.2, 0.25) is 17.7 Å². The normalized spacial score (nSPS) is 13.0. The Kier molecular flexibility index (Phi) is 10.8. The molecule has 0 saturated heterocycles. The minimum absolute atomic E-state index is 0.240. The molecule has 0 aromatic heterocycles. The number of aliphatic carboxylic acids is 1. The quantitative estimate of drug-likeness (QED) is 0.301. The Morgan fingerprint density at radius 1 is 1.12 bits per heavy atom. The van der Waals surface area contributed by atoms with Gasteiger partial charge in [-0.1, -0.05) is 13.8 Å². The first kappa shape index (κ1) is 22.2. The van der Waals surface area contributed by atoms with Crippen molar-refractivity contribution < 1.29 is 24.3 Å². The Morgan fingerprint density at radius 3 is 2.21 bits per heavy atom. The monoisotopic (exact) mass is 362 g/mol. The number of hydrogen-bond donors (Lipinski definition) is 5. The Morgan fingerprint density at radius 2 is 1.75 bits per heavy atom. The number of carbonyl (C=O) groups excluding carboxylic acids is 3. The van der Waals surface area contributed by atoms with Crippen molar-refractivity contribution in [2.75, 3.05) is 25.1 Å². The van der Waals surface area contributed by atoms with Crippen LogP contribution in [0.1, 0.15) is 20.3 Å². The molecule has 2 atom stereocenters. The van der Waals surface area contributed by atoms with Crippen molar-refractivity contribution in [1.29, 1.82) is 0 Å². The van der Waals surface area contributed by atoms with Gasteiger partial charge in [-0.25, -0.2) is 0 Å². The minimum atomic E-state index is -1.18. The van der Waals surface area contributed by atoms with E-state index in [9.17, 15) is 19.2 Å². The lowest BCUT2D eigenvalue weighted by molar-refractivity contribution is -0.138. The number of nitrogens with two attached hydrogens (primary N) is 1. The summed E-state index contributed by atoms with van der Waals surface area (Å²) in [7, 11) is 0. The molecule has 0 radical (unpaired) electrons. The van der Waals surface area contributed by atoms with Crippen molar-refractivity contribution in [3.8, 4) is 0 Å². The fraction of sp³-hybridized carbons (Fsp3) is 0.714. The molecule has 3 amide bonds. The van der Waals surface area contributed by atoms with Gasteiger partial charge in [0.15, 0.2) is 0 Å². The number of carboxylic acids is 1. The SMILES string of the molecule is CSCCC(NC(=O)CN)C(=O)NC(C(=O)NCC(=O)O)C(C)C. The third-order valence-corrected chi connectivity index (χ3v) is 3.75. The van der Waals surface area contributed by atoms with Crippen LogP contribution in [0.25, 0.3) is 0 Å². The first-order valence-electron chi connectivity index (χ1n) is 7.51. The number of rotatable bonds is 11. The predicted octanol–water partition coefficient (Wildman–Crippen LogP) is -1.48. The van der Waals surface area contributed by atoms with E-state index in [4.69, 9.17) is 10.8 Å². The zero-order chi connectivity index (χ0) is 18.7. The smallest absolute Gasteiger partial charge is 0.322 e. The van der Waals surface area contributed by atoms with Gasteiger partial charge in [-0.15, -0.1) is 0 Å². The van der Waals surface area contributed by atoms with Gasteiger partial charge in [0.05, 0.1) is 6.54 Å². The lowest BCUT2D eigenvalue weighted by atomic mass is 10.0. The fourth-order valence-electron chi connectivity index (χ4n) is 1.82. The van der Waals surface area contributed by atoms with Crippen LogP contribution in [0.5, 0.6) is 0 Å². The molecule has 0 bridgehead atoms. The van der Waals surface area contributed by atoms with Crippen LogP contribution in [-0.2, 0) is 19.2 Å². The lowest BCUT2D eigenvalue weighted by Crippen LogP contribution is -2.56. The summed E-state index contributed by atoms with van der Waals surface area (Å²) >= 11 is 1.52. The lowest BCUT2D eigenvalue weighted by Gasteiger charge is -2.25. The highest BCUT2D eigenvalue weighted by Gasteiger charge is 2.28. The number of carboxylic acid groups (broad SMARTS) is 1. The van der Waals surface area contributed by atoms with Gasteiger partial charge in [-0.3, -0.25) is 19.2 Å². The van der Waals surface area contributed by atoms with Crippen LogP contribution in [0, 0.1) is 5.92 Å². The van der Waals surface area contributed by atoms with Crippen molar-refractivity contribution >= 4 is 35.5 Å². The van der Waals surface area contributed by atoms with Crippen LogP contribution in [0.4, 0.5) is 0 Å². The number of amides is 3. The summed E-state index contributed by atoms with van der Waals surface area (Å²) in [4.78, 5) is 46.4. The summed E-state index contributed by atoms with van der Waals surface area (Å²) in [6.45, 7) is 2.68. The second-order valence-electron chi connectivity index (χ2n) is 5.45. The molecule has 9 nitrogen and oxygen atoms in total. The summed E-state index contributed by atoms with van der Waals surface area (Å²) in [6, 6.07) is -1.70. The van der Waals surface area contributed by atoms with Crippen LogP contribution >= 0.6 is 11.8 Å². The molecule has 0 spiro atoms. The molecule has 6 N–H and O–H groups in total. The van der Waals surface area contributed by atoms with Crippen molar-refractivity contribution in [3.05, 3.63) is 0 Å². The molecule has 138 valence electrons. The number of carbonyl (C=O) groups is 4. The molecule has 0 saturated carbocycles. The third kappa shape index (κ3) is 8.73. The summed E-state index contributed by atoms with van der Waals surface area (Å²) in [5.74, 6) is -2.35. The average molecular weight is 362 g/mol. The van der Waals surface area contributed by atoms with Gasteiger partial charge < -0.3 is 26.8 Å². The van der Waals surface area contributed by atoms with Crippen LogP contribution in [0.2, 0.25) is 0 Å². The van der Waals surface area contributed by atoms with E-state index in [-0.39, 0.29) is 12.5 Å². The van der Waals surface area contributed by atoms with Gasteiger partial charge in [0, 0.05) is 0 Å². The molecule has 24 heavy (non-hydrogen) atoms. The topological polar surface area (TPSA) is 151 Å². The van der Waals surface area contributed by atoms with Gasteiger partial charge in [-0.2, -0.15) is 11.8 Å². The van der Waals surface area contributed by atoms with E-state index in [0.29, 0.717) is 12.2 Å². The largest absolute Gasteiger partial charge is 0.480 e. The fourth-order valence-corrected chi connectivity index (χ4v) is 2.29. The highest BCUT2D eigenvalue weighted by Crippen LogP contribution is 2.05. The summed E-state index contributed by atoms with van der Waals surface area (Å²) in [5, 5.41) is 15.9. The summed E-state index contributed by atoms with van der Waals surface area (Å²) in [6.07, 6.45) is 2.26. The van der Waals surface area contributed by atoms with E-state index in [2.05, 4.69) is 16.0 Å². The van der Waals surface area contributed by atoms with E-state index in [1.54, 1.807) is 13.8 Å². The molecule has 2 unspecified atom stereocenters. The Balaban J connectivity index is 4.92. The summed E-state index contributed by atoms with van der Waals surface area (Å²) < 4.78 is 0. The highest BCUT2D eigenvalue weighted by atomic mass is 32.2. The maximum absolute atomic E-state index is 12.4. The maximum atomic E-state index is 12.4. The Labute approximate surface area is 145 Å². The molecule has 0 aromatic carbocycles. The third-order valence-electron chi connectivity index (χ3n) is 3.11. The Bertz CT molecular complexity index is 458. The van der Waals surface area contributed by atoms with Crippen LogP contribution in [0.15, 0.2) is 0 Å². The van der Waals surface area contributed by atoms with Gasteiger partial charge in [0.25, 0.3) is 0 Å². The molecule has 0 rings (SSSR count). The predicted molar refractivity (Wildman–Crippen MR) is 91.4 cm³/mol. The van der Waals surface area contributed by atoms with Gasteiger partial charge in [-0.05, 0) is 24.3 Å². The summed E-state index contributed by atoms with van der Waals surface area (Å²) in [5.41, 5.74) is 5.25. The molecule has 0 aromatic rings. The molecular formula is C14H26N4O5S. The van der Waals surface area contributed by atoms with Crippen LogP contribution in [0.3, 0.4) is 0 Å². The molecule has 0 aliphatic heterocycles. The molecule has 0 aliphatic rings. The van der Waals surface area contributed by atoms with E-state index in [1.165, 1.54) is 11.8 Å². The number of hydrogen-bond acceptors (Lipinski definition) is 6. The van der Waals surface area contributed by atoms with E-state index < -0.39 is 42.3 Å². The molecular weight excluding hydrogens is 336 g/mol. The van der Waals surface area contributed by atoms with Crippen molar-refractivity contribution in [2.24, 2.45) is 11.7 Å². The van der Waals surface area contributed by atoms with Gasteiger partial charge >= 0.3 is 5.97 Å². The van der Waals surface area contributed by atoms with E-state index >= 15 is 0 Å². The Hall–Kier alpha value is -1.81. The molecule has 10 heteroatoms. The second kappa shape index (κ2) is 11.7.